The number of piperidine rings is 1. The molecule has 3 heterocycles. The second kappa shape index (κ2) is 8.05. The minimum atomic E-state index is -0.510. The number of aliphatic hydroxyl groups is 2. The Bertz CT molecular complexity index is 825. The molecule has 7 nitrogen and oxygen atoms in total. The molecule has 7 heteroatoms. The van der Waals surface area contributed by atoms with E-state index in [1.807, 2.05) is 30.9 Å². The molecule has 0 radical (unpaired) electrons. The van der Waals surface area contributed by atoms with Crippen LogP contribution in [0.2, 0.25) is 0 Å². The normalized spacial score (nSPS) is 28.8. The van der Waals surface area contributed by atoms with Crippen LogP contribution in [-0.4, -0.2) is 80.1 Å². The molecule has 2 N–H and O–H groups in total. The molecule has 1 unspecified atom stereocenters. The summed E-state index contributed by atoms with van der Waals surface area (Å²) in [5, 5.41) is 24.5. The number of hydrogen-bond acceptors (Lipinski definition) is 5. The van der Waals surface area contributed by atoms with Gasteiger partial charge in [-0.15, -0.1) is 0 Å². The van der Waals surface area contributed by atoms with Crippen LogP contribution in [0.1, 0.15) is 47.9 Å². The van der Waals surface area contributed by atoms with Gasteiger partial charge in [0.05, 0.1) is 29.2 Å². The molecule has 4 rings (SSSR count). The molecule has 158 valence electrons. The maximum Gasteiger partial charge on any atom is 0.257 e. The van der Waals surface area contributed by atoms with E-state index in [1.54, 1.807) is 10.8 Å². The predicted molar refractivity (Wildman–Crippen MR) is 111 cm³/mol. The third-order valence-corrected chi connectivity index (χ3v) is 6.69. The number of carbonyl (C=O) groups is 1. The zero-order chi connectivity index (χ0) is 20.7. The van der Waals surface area contributed by atoms with Crippen LogP contribution in [0.25, 0.3) is 5.70 Å². The van der Waals surface area contributed by atoms with Crippen LogP contribution in [-0.2, 0) is 0 Å². The van der Waals surface area contributed by atoms with Gasteiger partial charge in [-0.2, -0.15) is 5.10 Å². The molecule has 3 atom stereocenters. The number of carbonyl (C=O) groups excluding carboxylic acids is 1. The summed E-state index contributed by atoms with van der Waals surface area (Å²) in [6.45, 7) is 9.07. The quantitative estimate of drug-likeness (QED) is 0.805. The summed E-state index contributed by atoms with van der Waals surface area (Å²) in [5.74, 6) is 0.375. The maximum absolute atomic E-state index is 13.3. The van der Waals surface area contributed by atoms with Crippen molar-refractivity contribution >= 4 is 11.6 Å². The van der Waals surface area contributed by atoms with Crippen molar-refractivity contribution < 1.29 is 15.0 Å². The van der Waals surface area contributed by atoms with Gasteiger partial charge in [0.25, 0.3) is 5.91 Å². The number of aryl methyl sites for hydroxylation is 1. The van der Waals surface area contributed by atoms with Gasteiger partial charge in [-0.1, -0.05) is 19.1 Å². The second-order valence-electron chi connectivity index (χ2n) is 8.79. The highest BCUT2D eigenvalue weighted by Crippen LogP contribution is 2.27. The molecule has 2 saturated heterocycles. The Kier molecular flexibility index (Phi) is 5.64. The highest BCUT2D eigenvalue weighted by Gasteiger charge is 2.35. The molecule has 2 aliphatic heterocycles. The molecule has 0 bridgehead atoms. The van der Waals surface area contributed by atoms with Gasteiger partial charge in [-0.3, -0.25) is 9.69 Å². The SMILES string of the molecule is Cc1nn(C2=CC=CC(O)C2)c(C)c1C(=O)N1CCC(N2C[C@H](C)[C@@H](O)C2)CC1. The van der Waals surface area contributed by atoms with E-state index in [9.17, 15) is 15.0 Å². The monoisotopic (exact) mass is 400 g/mol. The topological polar surface area (TPSA) is 81.8 Å². The van der Waals surface area contributed by atoms with Crippen LogP contribution < -0.4 is 0 Å². The Labute approximate surface area is 172 Å². The highest BCUT2D eigenvalue weighted by atomic mass is 16.3. The van der Waals surface area contributed by atoms with Gasteiger partial charge in [0.2, 0.25) is 0 Å². The molecule has 29 heavy (non-hydrogen) atoms. The molecule has 0 saturated carbocycles. The summed E-state index contributed by atoms with van der Waals surface area (Å²) in [6.07, 6.45) is 7.18. The Hall–Kier alpha value is -1.96. The van der Waals surface area contributed by atoms with Crippen molar-refractivity contribution in [2.24, 2.45) is 5.92 Å². The maximum atomic E-state index is 13.3. The van der Waals surface area contributed by atoms with Gasteiger partial charge in [-0.05, 0) is 38.7 Å². The van der Waals surface area contributed by atoms with Gasteiger partial charge >= 0.3 is 0 Å². The lowest BCUT2D eigenvalue weighted by molar-refractivity contribution is 0.0626. The number of hydrogen-bond donors (Lipinski definition) is 2. The van der Waals surface area contributed by atoms with Gasteiger partial charge in [0, 0.05) is 44.3 Å². The fourth-order valence-corrected chi connectivity index (χ4v) is 4.91. The van der Waals surface area contributed by atoms with Crippen LogP contribution >= 0.6 is 0 Å². The first-order valence-electron chi connectivity index (χ1n) is 10.7. The van der Waals surface area contributed by atoms with E-state index in [1.165, 1.54) is 0 Å². The van der Waals surface area contributed by atoms with E-state index in [-0.39, 0.29) is 12.0 Å². The molecule has 1 aromatic rings. The Balaban J connectivity index is 1.44. The summed E-state index contributed by atoms with van der Waals surface area (Å²) < 4.78 is 1.80. The summed E-state index contributed by atoms with van der Waals surface area (Å²) in [7, 11) is 0. The summed E-state index contributed by atoms with van der Waals surface area (Å²) in [4.78, 5) is 17.6. The lowest BCUT2D eigenvalue weighted by atomic mass is 10.0. The fourth-order valence-electron chi connectivity index (χ4n) is 4.91. The van der Waals surface area contributed by atoms with Crippen molar-refractivity contribution in [3.63, 3.8) is 0 Å². The Morgan fingerprint density at radius 1 is 1.17 bits per heavy atom. The third-order valence-electron chi connectivity index (χ3n) is 6.69. The molecule has 1 aromatic heterocycles. The number of aliphatic hydroxyl groups excluding tert-OH is 2. The molecule has 2 fully saturated rings. The number of aromatic nitrogens is 2. The van der Waals surface area contributed by atoms with Crippen molar-refractivity contribution in [1.82, 2.24) is 19.6 Å². The highest BCUT2D eigenvalue weighted by molar-refractivity contribution is 5.96. The zero-order valence-corrected chi connectivity index (χ0v) is 17.6. The van der Waals surface area contributed by atoms with Crippen molar-refractivity contribution in [3.8, 4) is 0 Å². The standard InChI is InChI=1S/C22H32N4O3/c1-14-12-25(13-20(14)28)17-7-9-24(10-8-17)22(29)21-15(2)23-26(16(21)3)18-5-4-6-19(27)11-18/h4-6,14,17,19-20,27-28H,7-13H2,1-3H3/t14-,19?,20-/m0/s1. The van der Waals surface area contributed by atoms with Gasteiger partial charge in [0.15, 0.2) is 0 Å². The summed E-state index contributed by atoms with van der Waals surface area (Å²) >= 11 is 0. The second-order valence-corrected chi connectivity index (χ2v) is 8.79. The molecule has 0 aromatic carbocycles. The van der Waals surface area contributed by atoms with Crippen LogP contribution in [0.3, 0.4) is 0 Å². The van der Waals surface area contributed by atoms with E-state index < -0.39 is 6.10 Å². The molecule has 3 aliphatic rings. The first-order chi connectivity index (χ1) is 13.8. The van der Waals surface area contributed by atoms with Crippen LogP contribution in [0.5, 0.6) is 0 Å². The van der Waals surface area contributed by atoms with Crippen LogP contribution in [0.4, 0.5) is 0 Å². The molecule has 1 aliphatic carbocycles. The Morgan fingerprint density at radius 3 is 2.52 bits per heavy atom. The number of amides is 1. The third kappa shape index (κ3) is 3.91. The van der Waals surface area contributed by atoms with E-state index >= 15 is 0 Å². The summed E-state index contributed by atoms with van der Waals surface area (Å²) in [6, 6.07) is 0.448. The number of β-amino-alcohol motifs (C(OH)–C–C–N with tert-alkyl or cyclic N) is 1. The Morgan fingerprint density at radius 2 is 1.90 bits per heavy atom. The van der Waals surface area contributed by atoms with Crippen LogP contribution in [0.15, 0.2) is 18.2 Å². The molecular formula is C22H32N4O3. The average Bonchev–Trinajstić information content (AvgIpc) is 3.19. The predicted octanol–water partition coefficient (Wildman–Crippen LogP) is 1.58. The van der Waals surface area contributed by atoms with Crippen molar-refractivity contribution in [3.05, 3.63) is 35.2 Å². The molecule has 1 amide bonds. The number of allylic oxidation sites excluding steroid dienone is 2. The first-order valence-corrected chi connectivity index (χ1v) is 10.7. The molecular weight excluding hydrogens is 368 g/mol. The molecule has 0 spiro atoms. The minimum absolute atomic E-state index is 0.0482. The van der Waals surface area contributed by atoms with Gasteiger partial charge in [-0.25, -0.2) is 4.68 Å². The number of rotatable bonds is 3. The van der Waals surface area contributed by atoms with E-state index in [0.29, 0.717) is 23.9 Å². The van der Waals surface area contributed by atoms with E-state index in [4.69, 9.17) is 0 Å². The number of likely N-dealkylation sites (tertiary alicyclic amines) is 2. The first kappa shape index (κ1) is 20.3. The van der Waals surface area contributed by atoms with Gasteiger partial charge in [0.1, 0.15) is 0 Å². The van der Waals surface area contributed by atoms with Crippen LogP contribution in [0, 0.1) is 19.8 Å². The zero-order valence-electron chi connectivity index (χ0n) is 17.6. The summed E-state index contributed by atoms with van der Waals surface area (Å²) in [5.41, 5.74) is 3.15. The van der Waals surface area contributed by atoms with Crippen molar-refractivity contribution in [2.45, 2.75) is 58.3 Å². The average molecular weight is 401 g/mol. The fraction of sp³-hybridized carbons (Fsp3) is 0.636. The smallest absolute Gasteiger partial charge is 0.257 e. The van der Waals surface area contributed by atoms with Crippen molar-refractivity contribution in [2.75, 3.05) is 26.2 Å². The lowest BCUT2D eigenvalue weighted by Gasteiger charge is -2.36. The van der Waals surface area contributed by atoms with Gasteiger partial charge < -0.3 is 15.1 Å². The van der Waals surface area contributed by atoms with E-state index in [2.05, 4.69) is 16.9 Å². The largest absolute Gasteiger partial charge is 0.391 e. The minimum Gasteiger partial charge on any atom is -0.391 e. The van der Waals surface area contributed by atoms with Crippen molar-refractivity contribution in [1.29, 1.82) is 0 Å². The van der Waals surface area contributed by atoms with E-state index in [0.717, 1.165) is 56.1 Å². The number of nitrogens with zero attached hydrogens (tertiary/aromatic N) is 4. The lowest BCUT2D eigenvalue weighted by Crippen LogP contribution is -2.46.